The van der Waals surface area contributed by atoms with Crippen molar-refractivity contribution in [2.75, 3.05) is 13.7 Å². The van der Waals surface area contributed by atoms with E-state index in [1.54, 1.807) is 24.3 Å². The van der Waals surface area contributed by atoms with E-state index in [-0.39, 0.29) is 12.5 Å². The van der Waals surface area contributed by atoms with Gasteiger partial charge in [-0.05, 0) is 55.4 Å². The lowest BCUT2D eigenvalue weighted by molar-refractivity contribution is -0.127. The number of nitrogens with zero attached hydrogens (tertiary/aromatic N) is 1. The molecule has 24 heavy (non-hydrogen) atoms. The lowest BCUT2D eigenvalue weighted by Gasteiger charge is -2.33. The van der Waals surface area contributed by atoms with Crippen LogP contribution in [-0.2, 0) is 9.59 Å². The van der Waals surface area contributed by atoms with Crippen LogP contribution >= 0.6 is 0 Å². The van der Waals surface area contributed by atoms with Crippen LogP contribution in [0.2, 0.25) is 0 Å². The molecule has 0 radical (unpaired) electrons. The van der Waals surface area contributed by atoms with E-state index in [0.29, 0.717) is 11.8 Å². The number of primary amides is 1. The standard InChI is InChI=1S/C19H26N2O3/c1-14-3-8-16(9-4-14)21(2)19(23)12-7-15-5-10-17(11-6-15)24-13-18(20)22/h5-7,10-12,14,16H,3-4,8-9,13H2,1-2H3,(H2,20,22)/b12-7+. The highest BCUT2D eigenvalue weighted by molar-refractivity contribution is 5.91. The SMILES string of the molecule is CC1CCC(N(C)C(=O)/C=C/c2ccc(OCC(N)=O)cc2)CC1. The van der Waals surface area contributed by atoms with Gasteiger partial charge in [-0.15, -0.1) is 0 Å². The molecule has 2 amide bonds. The van der Waals surface area contributed by atoms with Crippen molar-refractivity contribution >= 4 is 17.9 Å². The Labute approximate surface area is 143 Å². The molecule has 0 spiro atoms. The summed E-state index contributed by atoms with van der Waals surface area (Å²) in [5, 5.41) is 0. The number of carbonyl (C=O) groups excluding carboxylic acids is 2. The molecule has 0 saturated heterocycles. The fourth-order valence-electron chi connectivity index (χ4n) is 2.92. The summed E-state index contributed by atoms with van der Waals surface area (Å²) >= 11 is 0. The first-order valence-corrected chi connectivity index (χ1v) is 8.41. The molecule has 1 aromatic rings. The van der Waals surface area contributed by atoms with Crippen LogP contribution in [0, 0.1) is 5.92 Å². The quantitative estimate of drug-likeness (QED) is 0.815. The van der Waals surface area contributed by atoms with E-state index in [2.05, 4.69) is 6.92 Å². The Morgan fingerprint density at radius 2 is 1.83 bits per heavy atom. The first-order valence-electron chi connectivity index (χ1n) is 8.41. The topological polar surface area (TPSA) is 72.6 Å². The zero-order valence-electron chi connectivity index (χ0n) is 14.4. The van der Waals surface area contributed by atoms with Crippen LogP contribution in [0.15, 0.2) is 30.3 Å². The smallest absolute Gasteiger partial charge is 0.255 e. The van der Waals surface area contributed by atoms with E-state index in [9.17, 15) is 9.59 Å². The van der Waals surface area contributed by atoms with Gasteiger partial charge in [-0.25, -0.2) is 0 Å². The number of hydrogen-bond donors (Lipinski definition) is 1. The summed E-state index contributed by atoms with van der Waals surface area (Å²) in [6, 6.07) is 7.52. The average molecular weight is 330 g/mol. The van der Waals surface area contributed by atoms with Gasteiger partial charge >= 0.3 is 0 Å². The summed E-state index contributed by atoms with van der Waals surface area (Å²) in [4.78, 5) is 24.8. The average Bonchev–Trinajstić information content (AvgIpc) is 2.58. The van der Waals surface area contributed by atoms with Crippen LogP contribution in [0.1, 0.15) is 38.2 Å². The zero-order chi connectivity index (χ0) is 17.5. The number of amides is 2. The van der Waals surface area contributed by atoms with Crippen molar-refractivity contribution < 1.29 is 14.3 Å². The van der Waals surface area contributed by atoms with Gasteiger partial charge in [0.1, 0.15) is 5.75 Å². The highest BCUT2D eigenvalue weighted by atomic mass is 16.5. The summed E-state index contributed by atoms with van der Waals surface area (Å²) in [6.07, 6.45) is 7.96. The van der Waals surface area contributed by atoms with Gasteiger partial charge in [0, 0.05) is 19.2 Å². The van der Waals surface area contributed by atoms with Gasteiger partial charge in [-0.1, -0.05) is 19.1 Å². The van der Waals surface area contributed by atoms with Crippen molar-refractivity contribution in [1.82, 2.24) is 4.90 Å². The van der Waals surface area contributed by atoms with E-state index in [1.165, 1.54) is 12.8 Å². The van der Waals surface area contributed by atoms with E-state index in [4.69, 9.17) is 10.5 Å². The molecule has 0 heterocycles. The van der Waals surface area contributed by atoms with Crippen molar-refractivity contribution in [2.45, 2.75) is 38.6 Å². The minimum Gasteiger partial charge on any atom is -0.484 e. The van der Waals surface area contributed by atoms with Crippen LogP contribution in [0.3, 0.4) is 0 Å². The molecule has 0 aromatic heterocycles. The monoisotopic (exact) mass is 330 g/mol. The predicted molar refractivity (Wildman–Crippen MR) is 94.4 cm³/mol. The lowest BCUT2D eigenvalue weighted by Crippen LogP contribution is -2.38. The number of rotatable bonds is 6. The molecule has 1 aliphatic rings. The van der Waals surface area contributed by atoms with E-state index >= 15 is 0 Å². The molecule has 130 valence electrons. The second kappa shape index (κ2) is 8.52. The normalized spacial score (nSPS) is 20.8. The van der Waals surface area contributed by atoms with Gasteiger partial charge in [0.05, 0.1) is 0 Å². The Bertz CT molecular complexity index is 587. The number of nitrogens with two attached hydrogens (primary N) is 1. The molecule has 0 bridgehead atoms. The molecular formula is C19H26N2O3. The van der Waals surface area contributed by atoms with Gasteiger partial charge in [0.2, 0.25) is 5.91 Å². The highest BCUT2D eigenvalue weighted by Gasteiger charge is 2.23. The molecule has 1 saturated carbocycles. The molecule has 1 aromatic carbocycles. The van der Waals surface area contributed by atoms with E-state index in [0.717, 1.165) is 24.3 Å². The van der Waals surface area contributed by atoms with Crippen LogP contribution in [0.5, 0.6) is 5.75 Å². The highest BCUT2D eigenvalue weighted by Crippen LogP contribution is 2.26. The largest absolute Gasteiger partial charge is 0.484 e. The van der Waals surface area contributed by atoms with Gasteiger partial charge in [-0.2, -0.15) is 0 Å². The number of benzene rings is 1. The minimum atomic E-state index is -0.510. The van der Waals surface area contributed by atoms with Gasteiger partial charge in [-0.3, -0.25) is 9.59 Å². The second-order valence-electron chi connectivity index (χ2n) is 6.52. The molecule has 5 nitrogen and oxygen atoms in total. The van der Waals surface area contributed by atoms with Crippen LogP contribution in [0.25, 0.3) is 6.08 Å². The summed E-state index contributed by atoms with van der Waals surface area (Å²) in [5.74, 6) is 0.870. The Balaban J connectivity index is 1.87. The predicted octanol–water partition coefficient (Wildman–Crippen LogP) is 2.60. The second-order valence-corrected chi connectivity index (χ2v) is 6.52. The number of ether oxygens (including phenoxy) is 1. The molecule has 1 aliphatic carbocycles. The first kappa shape index (κ1) is 18.0. The molecule has 0 aliphatic heterocycles. The molecule has 5 heteroatoms. The third-order valence-electron chi connectivity index (χ3n) is 4.56. The van der Waals surface area contributed by atoms with Crippen LogP contribution < -0.4 is 10.5 Å². The van der Waals surface area contributed by atoms with Crippen molar-refractivity contribution in [3.8, 4) is 5.75 Å². The van der Waals surface area contributed by atoms with Crippen LogP contribution in [-0.4, -0.2) is 36.4 Å². The van der Waals surface area contributed by atoms with Gasteiger partial charge in [0.15, 0.2) is 6.61 Å². The van der Waals surface area contributed by atoms with Gasteiger partial charge in [0.25, 0.3) is 5.91 Å². The minimum absolute atomic E-state index is 0.0311. The number of hydrogen-bond acceptors (Lipinski definition) is 3. The summed E-state index contributed by atoms with van der Waals surface area (Å²) < 4.78 is 5.20. The maximum atomic E-state index is 12.3. The Morgan fingerprint density at radius 3 is 2.42 bits per heavy atom. The van der Waals surface area contributed by atoms with Crippen molar-refractivity contribution in [3.63, 3.8) is 0 Å². The molecule has 2 N–H and O–H groups in total. The third kappa shape index (κ3) is 5.41. The third-order valence-corrected chi connectivity index (χ3v) is 4.56. The van der Waals surface area contributed by atoms with E-state index < -0.39 is 5.91 Å². The molecule has 1 fully saturated rings. The maximum absolute atomic E-state index is 12.3. The molecular weight excluding hydrogens is 304 g/mol. The maximum Gasteiger partial charge on any atom is 0.255 e. The Morgan fingerprint density at radius 1 is 1.21 bits per heavy atom. The first-order chi connectivity index (χ1) is 11.5. The van der Waals surface area contributed by atoms with Crippen LogP contribution in [0.4, 0.5) is 0 Å². The number of carbonyl (C=O) groups is 2. The number of likely N-dealkylation sites (N-methyl/N-ethyl adjacent to an activating group) is 1. The summed E-state index contributed by atoms with van der Waals surface area (Å²) in [7, 11) is 1.88. The Kier molecular flexibility index (Phi) is 6.41. The fourth-order valence-corrected chi connectivity index (χ4v) is 2.92. The van der Waals surface area contributed by atoms with E-state index in [1.807, 2.05) is 24.1 Å². The van der Waals surface area contributed by atoms with Crippen molar-refractivity contribution in [3.05, 3.63) is 35.9 Å². The lowest BCUT2D eigenvalue weighted by atomic mass is 9.87. The van der Waals surface area contributed by atoms with Crippen molar-refractivity contribution in [2.24, 2.45) is 11.7 Å². The summed E-state index contributed by atoms with van der Waals surface area (Å²) in [6.45, 7) is 2.13. The Hall–Kier alpha value is -2.30. The molecule has 0 unspecified atom stereocenters. The zero-order valence-corrected chi connectivity index (χ0v) is 14.4. The molecule has 2 rings (SSSR count). The van der Waals surface area contributed by atoms with Crippen molar-refractivity contribution in [1.29, 1.82) is 0 Å². The summed E-state index contributed by atoms with van der Waals surface area (Å²) in [5.41, 5.74) is 5.93. The van der Waals surface area contributed by atoms with Gasteiger partial charge < -0.3 is 15.4 Å². The molecule has 0 atom stereocenters. The fraction of sp³-hybridized carbons (Fsp3) is 0.474.